The van der Waals surface area contributed by atoms with Gasteiger partial charge in [-0.2, -0.15) is 0 Å². The molecule has 0 unspecified atom stereocenters. The fourth-order valence-corrected chi connectivity index (χ4v) is 8.56. The molecule has 11 aromatic rings. The lowest BCUT2D eigenvalue weighted by Gasteiger charge is -2.26. The van der Waals surface area contributed by atoms with E-state index in [2.05, 4.69) is 217 Å². The molecule has 1 aromatic heterocycles. The Bertz CT molecular complexity index is 3220. The summed E-state index contributed by atoms with van der Waals surface area (Å²) in [5, 5.41) is 9.53. The fraction of sp³-hybridized carbons (Fsp3) is 0. The summed E-state index contributed by atoms with van der Waals surface area (Å²) in [6, 6.07) is 76.4. The number of anilines is 3. The van der Waals surface area contributed by atoms with Crippen LogP contribution < -0.4 is 4.90 Å². The monoisotopic (exact) mass is 713 g/mol. The Kier molecular flexibility index (Phi) is 7.53. The predicted molar refractivity (Wildman–Crippen MR) is 237 cm³/mol. The van der Waals surface area contributed by atoms with Crippen LogP contribution in [0.25, 0.3) is 87.6 Å². The average Bonchev–Trinajstić information content (AvgIpc) is 3.65. The predicted octanol–water partition coefficient (Wildman–Crippen LogP) is 15.5. The van der Waals surface area contributed by atoms with Crippen molar-refractivity contribution in [3.8, 4) is 33.4 Å². The number of fused-ring (bicyclic) bond motifs is 7. The van der Waals surface area contributed by atoms with Crippen LogP contribution in [0.5, 0.6) is 0 Å². The van der Waals surface area contributed by atoms with Gasteiger partial charge >= 0.3 is 0 Å². The van der Waals surface area contributed by atoms with Crippen LogP contribution in [-0.4, -0.2) is 0 Å². The van der Waals surface area contributed by atoms with Gasteiger partial charge < -0.3 is 9.32 Å². The smallest absolute Gasteiger partial charge is 0.143 e. The zero-order chi connectivity index (χ0) is 37.0. The summed E-state index contributed by atoms with van der Waals surface area (Å²) in [7, 11) is 0. The number of hydrogen-bond donors (Lipinski definition) is 0. The van der Waals surface area contributed by atoms with Gasteiger partial charge in [0.05, 0.1) is 0 Å². The van der Waals surface area contributed by atoms with Crippen LogP contribution in [0.1, 0.15) is 0 Å². The molecule has 0 fully saturated rings. The van der Waals surface area contributed by atoms with E-state index in [9.17, 15) is 0 Å². The maximum Gasteiger partial charge on any atom is 0.143 e. The second-order valence-corrected chi connectivity index (χ2v) is 14.5. The van der Waals surface area contributed by atoms with E-state index in [1.54, 1.807) is 0 Å². The van der Waals surface area contributed by atoms with Gasteiger partial charge in [0.15, 0.2) is 0 Å². The first-order valence-electron chi connectivity index (χ1n) is 19.2. The molecule has 0 radical (unpaired) electrons. The molecule has 0 bridgehead atoms. The number of nitrogens with zero attached hydrogens (tertiary/aromatic N) is 1. The number of furan rings is 1. The zero-order valence-electron chi connectivity index (χ0n) is 30.6. The molecule has 0 spiro atoms. The maximum atomic E-state index is 6.63. The molecule has 0 saturated heterocycles. The van der Waals surface area contributed by atoms with Gasteiger partial charge in [0.25, 0.3) is 0 Å². The van der Waals surface area contributed by atoms with Gasteiger partial charge in [-0.25, -0.2) is 0 Å². The summed E-state index contributed by atoms with van der Waals surface area (Å²) in [4.78, 5) is 2.33. The van der Waals surface area contributed by atoms with Crippen molar-refractivity contribution in [1.82, 2.24) is 0 Å². The Morgan fingerprint density at radius 3 is 1.41 bits per heavy atom. The molecule has 0 aliphatic rings. The van der Waals surface area contributed by atoms with Crippen molar-refractivity contribution in [2.75, 3.05) is 4.90 Å². The maximum absolute atomic E-state index is 6.63. The van der Waals surface area contributed by atoms with Crippen LogP contribution in [0.4, 0.5) is 17.1 Å². The third-order valence-electron chi connectivity index (χ3n) is 11.3. The highest BCUT2D eigenvalue weighted by Gasteiger charge is 2.18. The van der Waals surface area contributed by atoms with Crippen molar-refractivity contribution in [3.63, 3.8) is 0 Å². The number of rotatable bonds is 6. The number of benzene rings is 10. The van der Waals surface area contributed by atoms with E-state index in [1.807, 2.05) is 0 Å². The van der Waals surface area contributed by atoms with Crippen LogP contribution in [0.3, 0.4) is 0 Å². The van der Waals surface area contributed by atoms with Crippen LogP contribution in [0.15, 0.2) is 217 Å². The third kappa shape index (κ3) is 5.34. The van der Waals surface area contributed by atoms with Crippen molar-refractivity contribution >= 4 is 71.3 Å². The van der Waals surface area contributed by atoms with Crippen molar-refractivity contribution < 1.29 is 4.42 Å². The first-order valence-corrected chi connectivity index (χ1v) is 19.2. The van der Waals surface area contributed by atoms with Crippen molar-refractivity contribution in [2.24, 2.45) is 0 Å². The minimum Gasteiger partial charge on any atom is -0.455 e. The Morgan fingerprint density at radius 2 is 0.768 bits per heavy atom. The molecule has 56 heavy (non-hydrogen) atoms. The molecule has 0 saturated carbocycles. The highest BCUT2D eigenvalue weighted by molar-refractivity contribution is 6.20. The molecule has 0 atom stereocenters. The summed E-state index contributed by atoms with van der Waals surface area (Å²) in [6.45, 7) is 0. The molecule has 0 aliphatic heterocycles. The summed E-state index contributed by atoms with van der Waals surface area (Å²) in [6.07, 6.45) is 0. The second-order valence-electron chi connectivity index (χ2n) is 14.5. The lowest BCUT2D eigenvalue weighted by molar-refractivity contribution is 0.673. The molecule has 0 N–H and O–H groups in total. The molecule has 10 aromatic carbocycles. The highest BCUT2D eigenvalue weighted by Crippen LogP contribution is 2.43. The van der Waals surface area contributed by atoms with Gasteiger partial charge in [0.2, 0.25) is 0 Å². The molecule has 1 heterocycles. The third-order valence-corrected chi connectivity index (χ3v) is 11.3. The summed E-state index contributed by atoms with van der Waals surface area (Å²) < 4.78 is 6.63. The lowest BCUT2D eigenvalue weighted by Crippen LogP contribution is -2.09. The van der Waals surface area contributed by atoms with Crippen LogP contribution in [0, 0.1) is 0 Å². The summed E-state index contributed by atoms with van der Waals surface area (Å²) >= 11 is 0. The van der Waals surface area contributed by atoms with Gasteiger partial charge in [-0.3, -0.25) is 0 Å². The van der Waals surface area contributed by atoms with Crippen LogP contribution >= 0.6 is 0 Å². The first kappa shape index (κ1) is 32.0. The molecular formula is C54H35NO. The van der Waals surface area contributed by atoms with Gasteiger partial charge in [-0.1, -0.05) is 158 Å². The van der Waals surface area contributed by atoms with E-state index in [0.717, 1.165) is 50.0 Å². The van der Waals surface area contributed by atoms with Crippen molar-refractivity contribution in [3.05, 3.63) is 212 Å². The molecule has 262 valence electrons. The second kappa shape index (κ2) is 13.2. The Morgan fingerprint density at radius 1 is 0.286 bits per heavy atom. The van der Waals surface area contributed by atoms with Gasteiger partial charge in [-0.15, -0.1) is 0 Å². The topological polar surface area (TPSA) is 16.4 Å². The minimum absolute atomic E-state index is 0.895. The molecule has 0 aliphatic carbocycles. The molecular weight excluding hydrogens is 679 g/mol. The summed E-state index contributed by atoms with van der Waals surface area (Å²) in [5.41, 5.74) is 12.3. The first-order chi connectivity index (χ1) is 27.8. The van der Waals surface area contributed by atoms with Gasteiger partial charge in [0.1, 0.15) is 11.2 Å². The van der Waals surface area contributed by atoms with Gasteiger partial charge in [0, 0.05) is 33.2 Å². The largest absolute Gasteiger partial charge is 0.455 e. The fourth-order valence-electron chi connectivity index (χ4n) is 8.56. The molecule has 2 nitrogen and oxygen atoms in total. The number of para-hydroxylation sites is 1. The van der Waals surface area contributed by atoms with E-state index in [-0.39, 0.29) is 0 Å². The number of hydrogen-bond acceptors (Lipinski definition) is 2. The Hall–Kier alpha value is -7.42. The zero-order valence-corrected chi connectivity index (χ0v) is 30.6. The van der Waals surface area contributed by atoms with E-state index < -0.39 is 0 Å². The molecule has 11 rings (SSSR count). The van der Waals surface area contributed by atoms with Crippen LogP contribution in [-0.2, 0) is 0 Å². The van der Waals surface area contributed by atoms with E-state index in [0.29, 0.717) is 0 Å². The Labute approximate surface area is 325 Å². The van der Waals surface area contributed by atoms with E-state index in [4.69, 9.17) is 4.42 Å². The van der Waals surface area contributed by atoms with Crippen molar-refractivity contribution in [2.45, 2.75) is 0 Å². The highest BCUT2D eigenvalue weighted by atomic mass is 16.3. The van der Waals surface area contributed by atoms with E-state index >= 15 is 0 Å². The lowest BCUT2D eigenvalue weighted by atomic mass is 9.94. The Balaban J connectivity index is 1.01. The summed E-state index contributed by atoms with van der Waals surface area (Å²) in [5.74, 6) is 0. The van der Waals surface area contributed by atoms with Gasteiger partial charge in [-0.05, 0) is 115 Å². The standard InChI is InChI=1S/C54H35NO/c1-2-16-41(17-3-1)55(42-29-24-38(25-30-42)46-22-10-14-36-12-4-6-18-44(36)46)43-31-26-39(27-32-43)50-35-52-51-34-40(47-23-11-15-37-13-5-7-19-45(37)47)28-33-53(51)56-54(52)49-21-9-8-20-48(49)50/h1-35H. The normalized spacial score (nSPS) is 11.6. The average molecular weight is 714 g/mol. The molecule has 2 heteroatoms. The van der Waals surface area contributed by atoms with Crippen LogP contribution in [0.2, 0.25) is 0 Å². The quantitative estimate of drug-likeness (QED) is 0.171. The minimum atomic E-state index is 0.895. The molecule has 0 amide bonds. The van der Waals surface area contributed by atoms with E-state index in [1.165, 1.54) is 54.7 Å². The van der Waals surface area contributed by atoms with Crippen molar-refractivity contribution in [1.29, 1.82) is 0 Å². The SMILES string of the molecule is c1ccc(N(c2ccc(-c3cccc4ccccc34)cc2)c2ccc(-c3cc4c5cc(-c6cccc7ccccc67)ccc5oc4c4ccccc34)cc2)cc1.